The molecule has 0 saturated carbocycles. The summed E-state index contributed by atoms with van der Waals surface area (Å²) in [6, 6.07) is 9.80. The molecule has 0 spiro atoms. The summed E-state index contributed by atoms with van der Waals surface area (Å²) in [5.41, 5.74) is 1.08. The smallest absolute Gasteiger partial charge is 0.207 e. The van der Waals surface area contributed by atoms with Crippen molar-refractivity contribution in [1.82, 2.24) is 5.32 Å². The molecule has 3 nitrogen and oxygen atoms in total. The third kappa shape index (κ3) is 3.76. The van der Waals surface area contributed by atoms with Crippen LogP contribution in [0.25, 0.3) is 0 Å². The molecule has 14 heavy (non-hydrogen) atoms. The zero-order chi connectivity index (χ0) is 10.2. The highest BCUT2D eigenvalue weighted by molar-refractivity contribution is 5.46. The van der Waals surface area contributed by atoms with Gasteiger partial charge in [0, 0.05) is 0 Å². The zero-order valence-electron chi connectivity index (χ0n) is 7.90. The molecule has 0 fully saturated rings. The first-order chi connectivity index (χ1) is 6.83. The maximum Gasteiger partial charge on any atom is 0.207 e. The number of amides is 1. The van der Waals surface area contributed by atoms with E-state index in [0.717, 1.165) is 5.56 Å². The molecule has 0 heterocycles. The normalized spacial score (nSPS) is 9.14. The summed E-state index contributed by atoms with van der Waals surface area (Å²) in [6.45, 7) is 4.51. The highest BCUT2D eigenvalue weighted by atomic mass is 16.5. The third-order valence-corrected chi connectivity index (χ3v) is 1.67. The van der Waals surface area contributed by atoms with Crippen molar-refractivity contribution < 1.29 is 9.53 Å². The van der Waals surface area contributed by atoms with E-state index in [1.54, 1.807) is 0 Å². The highest BCUT2D eigenvalue weighted by Gasteiger charge is 1.95. The first-order valence-corrected chi connectivity index (χ1v) is 4.34. The molecule has 0 radical (unpaired) electrons. The summed E-state index contributed by atoms with van der Waals surface area (Å²) >= 11 is 0. The van der Waals surface area contributed by atoms with Gasteiger partial charge in [-0.25, -0.2) is 0 Å². The molecule has 1 amide bonds. The van der Waals surface area contributed by atoms with Gasteiger partial charge in [0.2, 0.25) is 6.41 Å². The van der Waals surface area contributed by atoms with Crippen molar-refractivity contribution in [3.05, 3.63) is 48.2 Å². The molecular formula is C11H13NO2. The Labute approximate surface area is 83.4 Å². The fraction of sp³-hybridized carbons (Fsp3) is 0.182. The zero-order valence-corrected chi connectivity index (χ0v) is 7.90. The van der Waals surface area contributed by atoms with Gasteiger partial charge in [0.1, 0.15) is 12.4 Å². The summed E-state index contributed by atoms with van der Waals surface area (Å²) in [6.07, 6.45) is 0.622. The molecule has 0 atom stereocenters. The number of carbonyl (C=O) groups excluding carboxylic acids is 1. The predicted octanol–water partition coefficient (Wildman–Crippen LogP) is 1.46. The quantitative estimate of drug-likeness (QED) is 0.546. The Morgan fingerprint density at radius 2 is 2.14 bits per heavy atom. The van der Waals surface area contributed by atoms with Gasteiger partial charge in [-0.15, -0.1) is 0 Å². The van der Waals surface area contributed by atoms with Gasteiger partial charge in [0.05, 0.1) is 6.54 Å². The average molecular weight is 191 g/mol. The van der Waals surface area contributed by atoms with E-state index in [2.05, 4.69) is 11.9 Å². The molecule has 0 unspecified atom stereocenters. The van der Waals surface area contributed by atoms with E-state index >= 15 is 0 Å². The van der Waals surface area contributed by atoms with Gasteiger partial charge in [-0.2, -0.15) is 0 Å². The first kappa shape index (κ1) is 10.3. The fourth-order valence-corrected chi connectivity index (χ4v) is 0.966. The lowest BCUT2D eigenvalue weighted by molar-refractivity contribution is -0.109. The number of ether oxygens (including phenoxy) is 1. The Morgan fingerprint density at radius 1 is 1.43 bits per heavy atom. The van der Waals surface area contributed by atoms with Gasteiger partial charge in [-0.3, -0.25) is 4.79 Å². The predicted molar refractivity (Wildman–Crippen MR) is 54.4 cm³/mol. The number of hydrogen-bond donors (Lipinski definition) is 1. The van der Waals surface area contributed by atoms with Crippen LogP contribution in [0.2, 0.25) is 0 Å². The standard InChI is InChI=1S/C11H13NO2/c1-10(7-12-9-13)14-8-11-5-3-2-4-6-11/h2-6,9H,1,7-8H2,(H,12,13). The Balaban J connectivity index is 2.27. The second kappa shape index (κ2) is 5.80. The lowest BCUT2D eigenvalue weighted by atomic mass is 10.2. The summed E-state index contributed by atoms with van der Waals surface area (Å²) in [5.74, 6) is 0.556. The number of nitrogens with one attached hydrogen (secondary N) is 1. The van der Waals surface area contributed by atoms with E-state index in [1.165, 1.54) is 0 Å². The topological polar surface area (TPSA) is 38.3 Å². The Hall–Kier alpha value is -1.77. The molecule has 1 rings (SSSR count). The number of rotatable bonds is 6. The number of hydrogen-bond acceptors (Lipinski definition) is 2. The lowest BCUT2D eigenvalue weighted by Gasteiger charge is -2.07. The summed E-state index contributed by atoms with van der Waals surface area (Å²) < 4.78 is 5.31. The molecule has 0 aliphatic heterocycles. The van der Waals surface area contributed by atoms with Crippen LogP contribution in [0, 0.1) is 0 Å². The van der Waals surface area contributed by atoms with Crippen LogP contribution in [0.4, 0.5) is 0 Å². The van der Waals surface area contributed by atoms with Gasteiger partial charge in [0.15, 0.2) is 0 Å². The molecule has 1 aromatic carbocycles. The number of benzene rings is 1. The molecule has 0 saturated heterocycles. The van der Waals surface area contributed by atoms with Gasteiger partial charge < -0.3 is 10.1 Å². The van der Waals surface area contributed by atoms with Crippen LogP contribution in [0.3, 0.4) is 0 Å². The Morgan fingerprint density at radius 3 is 2.79 bits per heavy atom. The maximum absolute atomic E-state index is 9.98. The van der Waals surface area contributed by atoms with Crippen LogP contribution in [0.15, 0.2) is 42.7 Å². The fourth-order valence-electron chi connectivity index (χ4n) is 0.966. The van der Waals surface area contributed by atoms with Crippen molar-refractivity contribution >= 4 is 6.41 Å². The molecule has 3 heteroatoms. The van der Waals surface area contributed by atoms with Gasteiger partial charge in [-0.1, -0.05) is 36.9 Å². The summed E-state index contributed by atoms with van der Waals surface area (Å²) in [4.78, 5) is 9.98. The van der Waals surface area contributed by atoms with E-state index in [-0.39, 0.29) is 0 Å². The van der Waals surface area contributed by atoms with Crippen LogP contribution in [0.1, 0.15) is 5.56 Å². The van der Waals surface area contributed by atoms with Crippen LogP contribution < -0.4 is 5.32 Å². The second-order valence-corrected chi connectivity index (χ2v) is 2.81. The van der Waals surface area contributed by atoms with E-state index in [4.69, 9.17) is 4.74 Å². The minimum Gasteiger partial charge on any atom is -0.492 e. The van der Waals surface area contributed by atoms with Gasteiger partial charge in [0.25, 0.3) is 0 Å². The van der Waals surface area contributed by atoms with E-state index in [0.29, 0.717) is 25.3 Å². The van der Waals surface area contributed by atoms with Gasteiger partial charge >= 0.3 is 0 Å². The SMILES string of the molecule is C=C(CNC=O)OCc1ccccc1. The summed E-state index contributed by atoms with van der Waals surface area (Å²) in [7, 11) is 0. The minimum atomic E-state index is 0.357. The Bertz CT molecular complexity index is 295. The molecule has 0 bridgehead atoms. The van der Waals surface area contributed by atoms with Gasteiger partial charge in [-0.05, 0) is 5.56 Å². The summed E-state index contributed by atoms with van der Waals surface area (Å²) in [5, 5.41) is 2.48. The van der Waals surface area contributed by atoms with Crippen molar-refractivity contribution in [2.45, 2.75) is 6.61 Å². The lowest BCUT2D eigenvalue weighted by Crippen LogP contribution is -2.15. The highest BCUT2D eigenvalue weighted by Crippen LogP contribution is 2.03. The van der Waals surface area contributed by atoms with Crippen molar-refractivity contribution in [2.75, 3.05) is 6.54 Å². The monoisotopic (exact) mass is 191 g/mol. The van der Waals surface area contributed by atoms with Crippen molar-refractivity contribution in [3.63, 3.8) is 0 Å². The molecular weight excluding hydrogens is 178 g/mol. The molecule has 0 aliphatic carbocycles. The van der Waals surface area contributed by atoms with Crippen molar-refractivity contribution in [1.29, 1.82) is 0 Å². The van der Waals surface area contributed by atoms with Crippen molar-refractivity contribution in [3.8, 4) is 0 Å². The molecule has 0 aromatic heterocycles. The van der Waals surface area contributed by atoms with Crippen LogP contribution in [-0.4, -0.2) is 13.0 Å². The van der Waals surface area contributed by atoms with Crippen LogP contribution in [0.5, 0.6) is 0 Å². The van der Waals surface area contributed by atoms with Crippen LogP contribution in [-0.2, 0) is 16.1 Å². The van der Waals surface area contributed by atoms with E-state index in [1.807, 2.05) is 30.3 Å². The average Bonchev–Trinajstić information content (AvgIpc) is 2.25. The molecule has 0 aliphatic rings. The van der Waals surface area contributed by atoms with E-state index < -0.39 is 0 Å². The first-order valence-electron chi connectivity index (χ1n) is 4.34. The minimum absolute atomic E-state index is 0.357. The Kier molecular flexibility index (Phi) is 4.27. The maximum atomic E-state index is 9.98. The second-order valence-electron chi connectivity index (χ2n) is 2.81. The van der Waals surface area contributed by atoms with E-state index in [9.17, 15) is 4.79 Å². The number of carbonyl (C=O) groups is 1. The third-order valence-electron chi connectivity index (χ3n) is 1.67. The molecule has 1 aromatic rings. The molecule has 1 N–H and O–H groups in total. The van der Waals surface area contributed by atoms with Crippen LogP contribution >= 0.6 is 0 Å². The molecule has 74 valence electrons. The largest absolute Gasteiger partial charge is 0.492 e. The van der Waals surface area contributed by atoms with Crippen molar-refractivity contribution in [2.24, 2.45) is 0 Å².